The molecule has 4 rings (SSSR count). The van der Waals surface area contributed by atoms with Crippen LogP contribution in [0.3, 0.4) is 0 Å². The molecule has 2 fully saturated rings. The number of carbonyl (C=O) groups excluding carboxylic acids is 3. The molecule has 3 heterocycles. The van der Waals surface area contributed by atoms with E-state index in [1.807, 2.05) is 18.2 Å². The molecule has 2 atom stereocenters. The van der Waals surface area contributed by atoms with E-state index in [1.165, 1.54) is 0 Å². The average Bonchev–Trinajstić information content (AvgIpc) is 3.03. The highest BCUT2D eigenvalue weighted by molar-refractivity contribution is 6.05. The molecule has 2 saturated heterocycles. The van der Waals surface area contributed by atoms with Gasteiger partial charge in [-0.3, -0.25) is 19.7 Å². The van der Waals surface area contributed by atoms with E-state index in [1.54, 1.807) is 4.90 Å². The van der Waals surface area contributed by atoms with Gasteiger partial charge in [0.1, 0.15) is 6.04 Å². The van der Waals surface area contributed by atoms with Crippen LogP contribution < -0.4 is 16.0 Å². The molecule has 3 aliphatic rings. The molecule has 0 radical (unpaired) electrons. The third-order valence-electron chi connectivity index (χ3n) is 5.62. The van der Waals surface area contributed by atoms with Gasteiger partial charge in [-0.25, -0.2) is 0 Å². The van der Waals surface area contributed by atoms with Crippen LogP contribution in [0.1, 0.15) is 40.7 Å². The van der Waals surface area contributed by atoms with Crippen molar-refractivity contribution < 1.29 is 19.1 Å². The van der Waals surface area contributed by atoms with E-state index in [-0.39, 0.29) is 24.1 Å². The first-order valence-corrected chi connectivity index (χ1v) is 9.91. The molecule has 8 nitrogen and oxygen atoms in total. The molecule has 3 N–H and O–H groups in total. The van der Waals surface area contributed by atoms with E-state index in [4.69, 9.17) is 4.74 Å². The van der Waals surface area contributed by atoms with E-state index in [0.717, 1.165) is 43.9 Å². The highest BCUT2D eigenvalue weighted by atomic mass is 16.5. The number of carbonyl (C=O) groups is 3. The number of ether oxygens (including phenoxy) is 1. The highest BCUT2D eigenvalue weighted by Crippen LogP contribution is 2.29. The van der Waals surface area contributed by atoms with E-state index in [0.29, 0.717) is 31.1 Å². The Kier molecular flexibility index (Phi) is 5.70. The van der Waals surface area contributed by atoms with Crippen molar-refractivity contribution in [1.29, 1.82) is 0 Å². The second kappa shape index (κ2) is 8.38. The number of hydrogen-bond acceptors (Lipinski definition) is 6. The van der Waals surface area contributed by atoms with Gasteiger partial charge in [-0.15, -0.1) is 0 Å². The zero-order chi connectivity index (χ0) is 19.5. The number of fused-ring (bicyclic) bond motifs is 1. The van der Waals surface area contributed by atoms with Gasteiger partial charge in [0.2, 0.25) is 11.8 Å². The van der Waals surface area contributed by atoms with Crippen molar-refractivity contribution in [3.8, 4) is 0 Å². The minimum absolute atomic E-state index is 0.121. The number of benzene rings is 1. The average molecular weight is 386 g/mol. The van der Waals surface area contributed by atoms with E-state index < -0.39 is 6.04 Å². The standard InChI is InChI=1S/C20H26N4O4/c25-17-5-4-16(19(26)23-17)24-11-14-3-1-2-13(18(14)20(24)27)10-21-7-6-15-12-28-9-8-22-15/h1-3,15-16,21-22H,4-12H2,(H,23,25,26). The maximum atomic E-state index is 13.0. The van der Waals surface area contributed by atoms with Gasteiger partial charge in [-0.05, 0) is 30.5 Å². The number of rotatable bonds is 6. The summed E-state index contributed by atoms with van der Waals surface area (Å²) < 4.78 is 5.46. The van der Waals surface area contributed by atoms with Gasteiger partial charge in [0.15, 0.2) is 0 Å². The summed E-state index contributed by atoms with van der Waals surface area (Å²) in [5, 5.41) is 9.19. The van der Waals surface area contributed by atoms with Gasteiger partial charge in [0, 0.05) is 37.7 Å². The molecule has 0 aromatic heterocycles. The first-order valence-electron chi connectivity index (χ1n) is 9.91. The minimum atomic E-state index is -0.573. The Morgan fingerprint density at radius 2 is 2.14 bits per heavy atom. The predicted molar refractivity (Wildman–Crippen MR) is 101 cm³/mol. The minimum Gasteiger partial charge on any atom is -0.379 e. The molecule has 0 aliphatic carbocycles. The molecule has 28 heavy (non-hydrogen) atoms. The van der Waals surface area contributed by atoms with E-state index in [9.17, 15) is 14.4 Å². The summed E-state index contributed by atoms with van der Waals surface area (Å²) >= 11 is 0. The highest BCUT2D eigenvalue weighted by Gasteiger charge is 2.39. The molecular formula is C20H26N4O4. The SMILES string of the molecule is O=C1CCC(N2Cc3cccc(CNCCC4COCCN4)c3C2=O)C(=O)N1. The fraction of sp³-hybridized carbons (Fsp3) is 0.550. The lowest BCUT2D eigenvalue weighted by atomic mass is 10.0. The maximum absolute atomic E-state index is 13.0. The van der Waals surface area contributed by atoms with Crippen LogP contribution in [0.15, 0.2) is 18.2 Å². The van der Waals surface area contributed by atoms with Crippen molar-refractivity contribution in [3.63, 3.8) is 0 Å². The summed E-state index contributed by atoms with van der Waals surface area (Å²) in [5.41, 5.74) is 2.58. The zero-order valence-corrected chi connectivity index (χ0v) is 15.8. The van der Waals surface area contributed by atoms with E-state index in [2.05, 4.69) is 16.0 Å². The van der Waals surface area contributed by atoms with Crippen LogP contribution in [0.5, 0.6) is 0 Å². The van der Waals surface area contributed by atoms with Crippen LogP contribution in [0.25, 0.3) is 0 Å². The number of piperidine rings is 1. The molecule has 1 aromatic carbocycles. The van der Waals surface area contributed by atoms with Crippen molar-refractivity contribution in [2.75, 3.05) is 26.3 Å². The number of nitrogens with one attached hydrogen (secondary N) is 3. The van der Waals surface area contributed by atoms with Crippen LogP contribution in [0.4, 0.5) is 0 Å². The lowest BCUT2D eigenvalue weighted by molar-refractivity contribution is -0.136. The van der Waals surface area contributed by atoms with Crippen molar-refractivity contribution in [1.82, 2.24) is 20.9 Å². The Labute approximate surface area is 164 Å². The van der Waals surface area contributed by atoms with Crippen LogP contribution in [-0.4, -0.2) is 61.0 Å². The molecule has 2 unspecified atom stereocenters. The number of morpholine rings is 1. The number of amides is 3. The number of hydrogen-bond donors (Lipinski definition) is 3. The van der Waals surface area contributed by atoms with Gasteiger partial charge in [0.25, 0.3) is 5.91 Å². The molecular weight excluding hydrogens is 360 g/mol. The molecule has 1 aromatic rings. The predicted octanol–water partition coefficient (Wildman–Crippen LogP) is -0.0843. The molecule has 3 amide bonds. The number of nitrogens with zero attached hydrogens (tertiary/aromatic N) is 1. The maximum Gasteiger partial charge on any atom is 0.255 e. The fourth-order valence-electron chi connectivity index (χ4n) is 4.14. The van der Waals surface area contributed by atoms with Gasteiger partial charge in [-0.1, -0.05) is 18.2 Å². The first kappa shape index (κ1) is 19.0. The Bertz CT molecular complexity index is 775. The lowest BCUT2D eigenvalue weighted by Crippen LogP contribution is -2.52. The second-order valence-electron chi connectivity index (χ2n) is 7.54. The van der Waals surface area contributed by atoms with Gasteiger partial charge in [0.05, 0.1) is 13.2 Å². The van der Waals surface area contributed by atoms with Crippen LogP contribution in [0, 0.1) is 0 Å². The van der Waals surface area contributed by atoms with Crippen LogP contribution in [0.2, 0.25) is 0 Å². The third kappa shape index (κ3) is 3.94. The van der Waals surface area contributed by atoms with Gasteiger partial charge < -0.3 is 20.3 Å². The summed E-state index contributed by atoms with van der Waals surface area (Å²) in [6, 6.07) is 5.64. The quantitative estimate of drug-likeness (QED) is 0.467. The van der Waals surface area contributed by atoms with Gasteiger partial charge in [-0.2, -0.15) is 0 Å². The normalized spacial score (nSPS) is 25.0. The molecule has 0 spiro atoms. The summed E-state index contributed by atoms with van der Waals surface area (Å²) in [6.07, 6.45) is 1.61. The molecule has 150 valence electrons. The van der Waals surface area contributed by atoms with Gasteiger partial charge >= 0.3 is 0 Å². The molecule has 0 saturated carbocycles. The van der Waals surface area contributed by atoms with Crippen molar-refractivity contribution in [2.24, 2.45) is 0 Å². The smallest absolute Gasteiger partial charge is 0.255 e. The number of imide groups is 1. The molecule has 8 heteroatoms. The van der Waals surface area contributed by atoms with Crippen LogP contribution in [-0.2, 0) is 27.4 Å². The van der Waals surface area contributed by atoms with Crippen molar-refractivity contribution in [3.05, 3.63) is 34.9 Å². The summed E-state index contributed by atoms with van der Waals surface area (Å²) in [4.78, 5) is 38.2. The fourth-order valence-corrected chi connectivity index (χ4v) is 4.14. The van der Waals surface area contributed by atoms with Crippen LogP contribution >= 0.6 is 0 Å². The summed E-state index contributed by atoms with van der Waals surface area (Å²) in [7, 11) is 0. The Hall–Kier alpha value is -2.29. The largest absolute Gasteiger partial charge is 0.379 e. The monoisotopic (exact) mass is 386 g/mol. The summed E-state index contributed by atoms with van der Waals surface area (Å²) in [6.45, 7) is 4.24. The lowest BCUT2D eigenvalue weighted by Gasteiger charge is -2.29. The Balaban J connectivity index is 1.37. The molecule has 3 aliphatic heterocycles. The first-order chi connectivity index (χ1) is 13.6. The summed E-state index contributed by atoms with van der Waals surface area (Å²) in [5.74, 6) is -0.767. The van der Waals surface area contributed by atoms with Crippen molar-refractivity contribution in [2.45, 2.75) is 44.4 Å². The topological polar surface area (TPSA) is 99.8 Å². The van der Waals surface area contributed by atoms with E-state index >= 15 is 0 Å². The Morgan fingerprint density at radius 3 is 2.93 bits per heavy atom. The third-order valence-corrected chi connectivity index (χ3v) is 5.62. The zero-order valence-electron chi connectivity index (χ0n) is 15.8. The van der Waals surface area contributed by atoms with Crippen molar-refractivity contribution >= 4 is 17.7 Å². The second-order valence-corrected chi connectivity index (χ2v) is 7.54. The Morgan fingerprint density at radius 1 is 1.25 bits per heavy atom. The molecule has 0 bridgehead atoms.